The minimum atomic E-state index is -2.41. The Morgan fingerprint density at radius 3 is 2.88 bits per heavy atom. The van der Waals surface area contributed by atoms with Crippen LogP contribution in [0.5, 0.6) is 0 Å². The summed E-state index contributed by atoms with van der Waals surface area (Å²) in [5, 5.41) is 5.41. The molecular weight excluding hydrogens is 375 g/mol. The average Bonchev–Trinajstić information content (AvgIpc) is 2.54. The highest BCUT2D eigenvalue weighted by Gasteiger charge is 2.15. The summed E-state index contributed by atoms with van der Waals surface area (Å²) in [6, 6.07) is 5.46. The fourth-order valence-electron chi connectivity index (χ4n) is 1.95. The molecule has 0 aliphatic heterocycles. The van der Waals surface area contributed by atoms with Crippen LogP contribution in [0.4, 0.5) is 21.5 Å². The number of hydrogen-bond donors (Lipinski definition) is 3. The molecule has 1 unspecified atom stereocenters. The number of para-hydroxylation sites is 1. The second-order valence-electron chi connectivity index (χ2n) is 4.60. The van der Waals surface area contributed by atoms with Gasteiger partial charge in [0, 0.05) is 6.20 Å². The van der Waals surface area contributed by atoms with E-state index in [1.54, 1.807) is 0 Å². The fourth-order valence-corrected chi connectivity index (χ4v) is 2.37. The Morgan fingerprint density at radius 2 is 2.20 bits per heavy atom. The fraction of sp³-hybridized carbons (Fsp3) is 0.143. The molecule has 2 aromatic rings. The van der Waals surface area contributed by atoms with Crippen LogP contribution in [0, 0.1) is 5.82 Å². The third-order valence-corrected chi connectivity index (χ3v) is 3.55. The minimum absolute atomic E-state index is 0.0715. The Hall–Kier alpha value is -2.27. The van der Waals surface area contributed by atoms with Crippen molar-refractivity contribution in [2.75, 3.05) is 23.6 Å². The molecule has 25 heavy (non-hydrogen) atoms. The van der Waals surface area contributed by atoms with E-state index in [9.17, 15) is 17.9 Å². The van der Waals surface area contributed by atoms with Crippen LogP contribution in [0.15, 0.2) is 30.5 Å². The molecule has 134 valence electrons. The van der Waals surface area contributed by atoms with Crippen molar-refractivity contribution in [2.24, 2.45) is 0 Å². The average molecular weight is 388 g/mol. The molecule has 2 rings (SSSR count). The zero-order valence-electron chi connectivity index (χ0n) is 12.8. The number of aromatic nitrogens is 1. The quantitative estimate of drug-likeness (QED) is 0.378. The maximum Gasteiger partial charge on any atom is 0.278 e. The van der Waals surface area contributed by atoms with E-state index in [0.717, 1.165) is 0 Å². The highest BCUT2D eigenvalue weighted by Crippen LogP contribution is 2.30. The number of hydroxylamine groups is 1. The zero-order chi connectivity index (χ0) is 18.4. The van der Waals surface area contributed by atoms with Crippen molar-refractivity contribution in [1.29, 1.82) is 0 Å². The molecule has 0 radical (unpaired) electrons. The monoisotopic (exact) mass is 387 g/mol. The van der Waals surface area contributed by atoms with Crippen molar-refractivity contribution in [3.8, 4) is 0 Å². The van der Waals surface area contributed by atoms with Crippen LogP contribution in [-0.2, 0) is 15.9 Å². The topological polar surface area (TPSA) is 115 Å². The normalized spacial score (nSPS) is 11.7. The highest BCUT2D eigenvalue weighted by atomic mass is 35.5. The Morgan fingerprint density at radius 1 is 1.44 bits per heavy atom. The largest absolute Gasteiger partial charge is 0.771 e. The summed E-state index contributed by atoms with van der Waals surface area (Å²) in [6.07, 6.45) is 1.22. The molecule has 3 N–H and O–H groups in total. The first-order valence-corrected chi connectivity index (χ1v) is 8.38. The van der Waals surface area contributed by atoms with Gasteiger partial charge in [-0.15, -0.1) is 0 Å². The molecule has 1 heterocycles. The number of anilines is 3. The zero-order valence-corrected chi connectivity index (χ0v) is 14.4. The number of carbonyl (C=O) groups excluding carboxylic acids is 1. The molecule has 0 saturated heterocycles. The molecule has 8 nitrogen and oxygen atoms in total. The van der Waals surface area contributed by atoms with Gasteiger partial charge in [0.15, 0.2) is 0 Å². The molecule has 11 heteroatoms. The lowest BCUT2D eigenvalue weighted by atomic mass is 10.2. The second kappa shape index (κ2) is 8.72. The van der Waals surface area contributed by atoms with Gasteiger partial charge in [-0.3, -0.25) is 13.8 Å². The number of benzene rings is 1. The molecule has 1 atom stereocenters. The number of nitrogens with zero attached hydrogens (tertiary/aromatic N) is 1. The van der Waals surface area contributed by atoms with Gasteiger partial charge in [-0.1, -0.05) is 17.7 Å². The van der Waals surface area contributed by atoms with Crippen LogP contribution in [0.2, 0.25) is 5.15 Å². The lowest BCUT2D eigenvalue weighted by Gasteiger charge is -2.17. The number of carbonyl (C=O) groups is 1. The van der Waals surface area contributed by atoms with Gasteiger partial charge in [0.2, 0.25) is 0 Å². The Labute approximate surface area is 150 Å². The third-order valence-electron chi connectivity index (χ3n) is 2.96. The van der Waals surface area contributed by atoms with Gasteiger partial charge in [0.25, 0.3) is 5.91 Å². The summed E-state index contributed by atoms with van der Waals surface area (Å²) in [5.41, 5.74) is 2.60. The molecule has 1 aromatic heterocycles. The van der Waals surface area contributed by atoms with Gasteiger partial charge in [0.05, 0.1) is 35.6 Å². The third kappa shape index (κ3) is 5.10. The molecule has 0 aliphatic rings. The molecule has 0 spiro atoms. The van der Waals surface area contributed by atoms with E-state index in [1.165, 1.54) is 37.6 Å². The van der Waals surface area contributed by atoms with Gasteiger partial charge < -0.3 is 15.2 Å². The Bertz CT molecular complexity index is 808. The van der Waals surface area contributed by atoms with Crippen molar-refractivity contribution in [1.82, 2.24) is 10.5 Å². The molecule has 0 saturated carbocycles. The minimum Gasteiger partial charge on any atom is -0.771 e. The van der Waals surface area contributed by atoms with Crippen molar-refractivity contribution in [3.63, 3.8) is 0 Å². The first-order chi connectivity index (χ1) is 11.9. The number of pyridine rings is 1. The van der Waals surface area contributed by atoms with Crippen LogP contribution in [0.25, 0.3) is 0 Å². The summed E-state index contributed by atoms with van der Waals surface area (Å²) in [7, 11) is 1.27. The van der Waals surface area contributed by atoms with Crippen LogP contribution in [0.3, 0.4) is 0 Å². The first kappa shape index (κ1) is 19.1. The van der Waals surface area contributed by atoms with E-state index in [4.69, 9.17) is 11.6 Å². The summed E-state index contributed by atoms with van der Waals surface area (Å²) in [4.78, 5) is 20.4. The number of rotatable bonds is 7. The molecule has 0 aliphatic carbocycles. The number of amides is 1. The van der Waals surface area contributed by atoms with Crippen LogP contribution in [-0.4, -0.2) is 32.6 Å². The Balaban J connectivity index is 2.39. The molecule has 1 amide bonds. The summed E-state index contributed by atoms with van der Waals surface area (Å²) in [6.45, 7) is 0. The van der Waals surface area contributed by atoms with E-state index >= 15 is 0 Å². The highest BCUT2D eigenvalue weighted by molar-refractivity contribution is 7.79. The molecule has 1 aromatic carbocycles. The lowest BCUT2D eigenvalue weighted by Crippen LogP contribution is -2.23. The standard InChI is InChI=1S/C14H14ClFN4O4S/c1-24-20-14(21)8-6-17-12(15)5-11(8)19-10-4-2-3-9(16)13(10)18-7-25(22)23/h2-6,18H,7H2,1H3,(H,17,19)(H,20,21)(H,22,23)/p-1. The number of nitrogens with one attached hydrogen (secondary N) is 3. The molecule has 0 bridgehead atoms. The first-order valence-electron chi connectivity index (χ1n) is 6.76. The predicted molar refractivity (Wildman–Crippen MR) is 90.8 cm³/mol. The summed E-state index contributed by atoms with van der Waals surface area (Å²) >= 11 is 3.44. The smallest absolute Gasteiger partial charge is 0.278 e. The number of hydrogen-bond acceptors (Lipinski definition) is 7. The molecule has 0 fully saturated rings. The SMILES string of the molecule is CONC(=O)c1cnc(Cl)cc1Nc1cccc(F)c1NCS(=O)[O-]. The van der Waals surface area contributed by atoms with Crippen molar-refractivity contribution >= 4 is 45.7 Å². The van der Waals surface area contributed by atoms with Crippen molar-refractivity contribution < 1.29 is 22.8 Å². The van der Waals surface area contributed by atoms with E-state index < -0.39 is 28.7 Å². The Kier molecular flexibility index (Phi) is 6.65. The van der Waals surface area contributed by atoms with Crippen molar-refractivity contribution in [2.45, 2.75) is 0 Å². The van der Waals surface area contributed by atoms with Gasteiger partial charge in [-0.2, -0.15) is 0 Å². The second-order valence-corrected chi connectivity index (χ2v) is 5.88. The van der Waals surface area contributed by atoms with Gasteiger partial charge in [0.1, 0.15) is 11.0 Å². The maximum atomic E-state index is 14.0. The van der Waals surface area contributed by atoms with Gasteiger partial charge >= 0.3 is 0 Å². The number of halogens is 2. The van der Waals surface area contributed by atoms with E-state index in [2.05, 4.69) is 25.9 Å². The van der Waals surface area contributed by atoms with Crippen LogP contribution >= 0.6 is 11.6 Å². The predicted octanol–water partition coefficient (Wildman–Crippen LogP) is 2.16. The van der Waals surface area contributed by atoms with E-state index in [-0.39, 0.29) is 27.8 Å². The van der Waals surface area contributed by atoms with E-state index in [0.29, 0.717) is 0 Å². The van der Waals surface area contributed by atoms with Crippen LogP contribution in [0.1, 0.15) is 10.4 Å². The van der Waals surface area contributed by atoms with Crippen LogP contribution < -0.4 is 16.1 Å². The van der Waals surface area contributed by atoms with E-state index in [1.807, 2.05) is 0 Å². The van der Waals surface area contributed by atoms with Gasteiger partial charge in [-0.25, -0.2) is 14.9 Å². The van der Waals surface area contributed by atoms with Gasteiger partial charge in [-0.05, 0) is 29.3 Å². The summed E-state index contributed by atoms with van der Waals surface area (Å²) in [5.74, 6) is -1.75. The lowest BCUT2D eigenvalue weighted by molar-refractivity contribution is 0.0538. The maximum absolute atomic E-state index is 14.0. The summed E-state index contributed by atoms with van der Waals surface area (Å²) < 4.78 is 35.5. The van der Waals surface area contributed by atoms with Crippen molar-refractivity contribution in [3.05, 3.63) is 47.0 Å². The molecular formula is C14H13ClFN4O4S-.